The lowest BCUT2D eigenvalue weighted by Gasteiger charge is -2.12. The van der Waals surface area contributed by atoms with E-state index in [-0.39, 0.29) is 11.7 Å². The Balaban J connectivity index is 2.64. The molecule has 0 heterocycles. The summed E-state index contributed by atoms with van der Waals surface area (Å²) < 4.78 is 18.0. The fraction of sp³-hybridized carbons (Fsp3) is 0.417. The van der Waals surface area contributed by atoms with E-state index in [4.69, 9.17) is 10.5 Å². The van der Waals surface area contributed by atoms with Gasteiger partial charge in [0.15, 0.2) is 11.6 Å². The quantitative estimate of drug-likeness (QED) is 0.829. The van der Waals surface area contributed by atoms with Gasteiger partial charge in [-0.05, 0) is 30.6 Å². The standard InChI is InChI=1S/C12H17FN2O2S/c1-17-11-7-8(3-4-9(11)13)15-12(16)10(14)5-6-18-2/h3-4,7,10H,5-6,14H2,1-2H3,(H,15,16)/t10-/m1/s1. The molecule has 0 radical (unpaired) electrons. The number of hydrogen-bond donors (Lipinski definition) is 2. The molecule has 0 saturated carbocycles. The van der Waals surface area contributed by atoms with Crippen LogP contribution in [0.3, 0.4) is 0 Å². The maximum atomic E-state index is 13.2. The van der Waals surface area contributed by atoms with Gasteiger partial charge in [-0.2, -0.15) is 11.8 Å². The molecule has 100 valence electrons. The van der Waals surface area contributed by atoms with E-state index in [0.717, 1.165) is 5.75 Å². The lowest BCUT2D eigenvalue weighted by Crippen LogP contribution is -2.36. The number of carbonyl (C=O) groups excluding carboxylic acids is 1. The Morgan fingerprint density at radius 2 is 2.33 bits per heavy atom. The van der Waals surface area contributed by atoms with Crippen molar-refractivity contribution >= 4 is 23.4 Å². The van der Waals surface area contributed by atoms with E-state index in [1.54, 1.807) is 11.8 Å². The van der Waals surface area contributed by atoms with Gasteiger partial charge in [-0.3, -0.25) is 4.79 Å². The molecule has 0 aromatic heterocycles. The SMILES string of the molecule is COc1cc(NC(=O)[C@H](N)CCSC)ccc1F. The number of carbonyl (C=O) groups is 1. The summed E-state index contributed by atoms with van der Waals surface area (Å²) in [7, 11) is 1.37. The second-order valence-electron chi connectivity index (χ2n) is 3.73. The van der Waals surface area contributed by atoms with Crippen LogP contribution in [0.1, 0.15) is 6.42 Å². The Morgan fingerprint density at radius 1 is 1.61 bits per heavy atom. The van der Waals surface area contributed by atoms with Gasteiger partial charge in [-0.25, -0.2) is 4.39 Å². The van der Waals surface area contributed by atoms with Crippen LogP contribution in [-0.2, 0) is 4.79 Å². The van der Waals surface area contributed by atoms with Gasteiger partial charge < -0.3 is 15.8 Å². The number of thioether (sulfide) groups is 1. The van der Waals surface area contributed by atoms with Crippen LogP contribution in [0.2, 0.25) is 0 Å². The predicted molar refractivity (Wildman–Crippen MR) is 72.6 cm³/mol. The summed E-state index contributed by atoms with van der Waals surface area (Å²) in [6.07, 6.45) is 2.56. The van der Waals surface area contributed by atoms with Crippen molar-refractivity contribution in [1.29, 1.82) is 0 Å². The second kappa shape index (κ2) is 7.23. The first-order chi connectivity index (χ1) is 8.58. The molecule has 0 unspecified atom stereocenters. The number of ether oxygens (including phenoxy) is 1. The fourth-order valence-corrected chi connectivity index (χ4v) is 1.84. The number of methoxy groups -OCH3 is 1. The largest absolute Gasteiger partial charge is 0.494 e. The summed E-state index contributed by atoms with van der Waals surface area (Å²) in [5.41, 5.74) is 6.19. The Labute approximate surface area is 110 Å². The third-order valence-electron chi connectivity index (χ3n) is 2.39. The number of nitrogens with one attached hydrogen (secondary N) is 1. The zero-order valence-corrected chi connectivity index (χ0v) is 11.2. The first-order valence-electron chi connectivity index (χ1n) is 5.47. The predicted octanol–water partition coefficient (Wildman–Crippen LogP) is 1.85. The molecule has 18 heavy (non-hydrogen) atoms. The van der Waals surface area contributed by atoms with Crippen LogP contribution in [0, 0.1) is 5.82 Å². The van der Waals surface area contributed by atoms with Crippen LogP contribution in [0.5, 0.6) is 5.75 Å². The molecule has 0 aliphatic heterocycles. The normalized spacial score (nSPS) is 12.0. The number of rotatable bonds is 6. The highest BCUT2D eigenvalue weighted by atomic mass is 32.2. The average molecular weight is 272 g/mol. The number of hydrogen-bond acceptors (Lipinski definition) is 4. The third kappa shape index (κ3) is 4.19. The number of halogens is 1. The number of anilines is 1. The van der Waals surface area contributed by atoms with Gasteiger partial charge in [0.1, 0.15) is 0 Å². The van der Waals surface area contributed by atoms with Crippen molar-refractivity contribution < 1.29 is 13.9 Å². The minimum absolute atomic E-state index is 0.0884. The van der Waals surface area contributed by atoms with Gasteiger partial charge in [0.25, 0.3) is 0 Å². The maximum absolute atomic E-state index is 13.2. The van der Waals surface area contributed by atoms with Gasteiger partial charge in [0.2, 0.25) is 5.91 Å². The summed E-state index contributed by atoms with van der Waals surface area (Å²) in [6, 6.07) is 3.57. The lowest BCUT2D eigenvalue weighted by molar-refractivity contribution is -0.117. The highest BCUT2D eigenvalue weighted by Crippen LogP contribution is 2.21. The van der Waals surface area contributed by atoms with Crippen LogP contribution in [0.4, 0.5) is 10.1 Å². The molecular formula is C12H17FN2O2S. The summed E-state index contributed by atoms with van der Waals surface area (Å²) in [4.78, 5) is 11.7. The molecule has 1 aromatic rings. The molecule has 0 bridgehead atoms. The Hall–Kier alpha value is -1.27. The minimum Gasteiger partial charge on any atom is -0.494 e. The van der Waals surface area contributed by atoms with E-state index in [1.165, 1.54) is 25.3 Å². The fourth-order valence-electron chi connectivity index (χ4n) is 1.35. The van der Waals surface area contributed by atoms with E-state index in [0.29, 0.717) is 12.1 Å². The summed E-state index contributed by atoms with van der Waals surface area (Å²) in [5, 5.41) is 2.63. The molecule has 0 spiro atoms. The van der Waals surface area contributed by atoms with Crippen LogP contribution in [0.15, 0.2) is 18.2 Å². The van der Waals surface area contributed by atoms with Gasteiger partial charge in [-0.1, -0.05) is 0 Å². The van der Waals surface area contributed by atoms with Crippen LogP contribution >= 0.6 is 11.8 Å². The summed E-state index contributed by atoms with van der Waals surface area (Å²) in [5.74, 6) is 0.159. The molecule has 1 atom stereocenters. The van der Waals surface area contributed by atoms with Gasteiger partial charge in [-0.15, -0.1) is 0 Å². The molecule has 4 nitrogen and oxygen atoms in total. The van der Waals surface area contributed by atoms with Crippen molar-refractivity contribution in [2.24, 2.45) is 5.73 Å². The van der Waals surface area contributed by atoms with Gasteiger partial charge >= 0.3 is 0 Å². The molecular weight excluding hydrogens is 255 g/mol. The molecule has 1 rings (SSSR count). The Morgan fingerprint density at radius 3 is 2.94 bits per heavy atom. The van der Waals surface area contributed by atoms with Crippen molar-refractivity contribution in [2.45, 2.75) is 12.5 Å². The van der Waals surface area contributed by atoms with E-state index in [2.05, 4.69) is 5.32 Å². The van der Waals surface area contributed by atoms with E-state index in [1.807, 2.05) is 6.26 Å². The highest BCUT2D eigenvalue weighted by molar-refractivity contribution is 7.98. The molecule has 1 amide bonds. The number of benzene rings is 1. The van der Waals surface area contributed by atoms with Crippen LogP contribution in [-0.4, -0.2) is 31.1 Å². The summed E-state index contributed by atoms with van der Waals surface area (Å²) >= 11 is 1.63. The number of amides is 1. The maximum Gasteiger partial charge on any atom is 0.241 e. The van der Waals surface area contributed by atoms with Crippen molar-refractivity contribution in [3.05, 3.63) is 24.0 Å². The van der Waals surface area contributed by atoms with Gasteiger partial charge in [0.05, 0.1) is 13.2 Å². The minimum atomic E-state index is -0.562. The molecule has 0 saturated heterocycles. The zero-order valence-electron chi connectivity index (χ0n) is 10.4. The lowest BCUT2D eigenvalue weighted by atomic mass is 10.2. The Bertz CT molecular complexity index is 415. The second-order valence-corrected chi connectivity index (χ2v) is 4.71. The monoisotopic (exact) mass is 272 g/mol. The topological polar surface area (TPSA) is 64.3 Å². The molecule has 0 aliphatic carbocycles. The van der Waals surface area contributed by atoms with E-state index in [9.17, 15) is 9.18 Å². The summed E-state index contributed by atoms with van der Waals surface area (Å²) in [6.45, 7) is 0. The van der Waals surface area contributed by atoms with E-state index >= 15 is 0 Å². The third-order valence-corrected chi connectivity index (χ3v) is 3.03. The molecule has 1 aromatic carbocycles. The van der Waals surface area contributed by atoms with Crippen LogP contribution < -0.4 is 15.8 Å². The molecule has 0 fully saturated rings. The Kier molecular flexibility index (Phi) is 5.94. The van der Waals surface area contributed by atoms with Crippen LogP contribution in [0.25, 0.3) is 0 Å². The smallest absolute Gasteiger partial charge is 0.241 e. The average Bonchev–Trinajstić information content (AvgIpc) is 2.37. The van der Waals surface area contributed by atoms with Crippen molar-refractivity contribution in [3.8, 4) is 5.75 Å². The molecule has 0 aliphatic rings. The van der Waals surface area contributed by atoms with Gasteiger partial charge in [0, 0.05) is 11.8 Å². The first kappa shape index (κ1) is 14.8. The highest BCUT2D eigenvalue weighted by Gasteiger charge is 2.13. The van der Waals surface area contributed by atoms with Crippen molar-refractivity contribution in [2.75, 3.05) is 24.4 Å². The molecule has 6 heteroatoms. The number of nitrogens with two attached hydrogens (primary N) is 1. The molecule has 3 N–H and O–H groups in total. The first-order valence-corrected chi connectivity index (χ1v) is 6.86. The van der Waals surface area contributed by atoms with Crippen molar-refractivity contribution in [1.82, 2.24) is 0 Å². The van der Waals surface area contributed by atoms with E-state index < -0.39 is 11.9 Å². The zero-order chi connectivity index (χ0) is 13.5. The van der Waals surface area contributed by atoms with Crippen molar-refractivity contribution in [3.63, 3.8) is 0 Å².